The lowest BCUT2D eigenvalue weighted by atomic mass is 10.1. The molecule has 0 aliphatic rings. The SMILES string of the molecule is CCCCc1ccc(NC(=O)CSc2n[nH]c(CC)n2)cc1. The van der Waals surface area contributed by atoms with Crippen LogP contribution in [-0.2, 0) is 17.6 Å². The van der Waals surface area contributed by atoms with E-state index in [1.807, 2.05) is 19.1 Å². The van der Waals surface area contributed by atoms with E-state index in [2.05, 4.69) is 39.6 Å². The van der Waals surface area contributed by atoms with E-state index >= 15 is 0 Å². The molecular weight excluding hydrogens is 296 g/mol. The Morgan fingerprint density at radius 2 is 2.05 bits per heavy atom. The first kappa shape index (κ1) is 16.5. The summed E-state index contributed by atoms with van der Waals surface area (Å²) in [6.07, 6.45) is 4.28. The number of rotatable bonds is 8. The Bertz CT molecular complexity index is 594. The third kappa shape index (κ3) is 5.18. The van der Waals surface area contributed by atoms with Crippen molar-refractivity contribution < 1.29 is 4.79 Å². The van der Waals surface area contributed by atoms with Crippen LogP contribution in [0.25, 0.3) is 0 Å². The summed E-state index contributed by atoms with van der Waals surface area (Å²) in [6, 6.07) is 8.05. The maximum absolute atomic E-state index is 11.9. The van der Waals surface area contributed by atoms with Gasteiger partial charge in [-0.15, -0.1) is 5.10 Å². The number of aromatic nitrogens is 3. The molecule has 0 radical (unpaired) electrons. The molecule has 0 unspecified atom stereocenters. The second-order valence-corrected chi connectivity index (χ2v) is 6.00. The number of H-pyrrole nitrogens is 1. The second kappa shape index (κ2) is 8.58. The molecule has 6 heteroatoms. The molecule has 0 fully saturated rings. The van der Waals surface area contributed by atoms with Gasteiger partial charge in [-0.1, -0.05) is 44.2 Å². The summed E-state index contributed by atoms with van der Waals surface area (Å²) in [5, 5.41) is 10.4. The number of unbranched alkanes of at least 4 members (excludes halogenated alkanes) is 1. The Labute approximate surface area is 135 Å². The highest BCUT2D eigenvalue weighted by molar-refractivity contribution is 7.99. The van der Waals surface area contributed by atoms with E-state index in [0.29, 0.717) is 10.9 Å². The molecule has 0 saturated heterocycles. The van der Waals surface area contributed by atoms with Crippen molar-refractivity contribution in [2.45, 2.75) is 44.7 Å². The molecule has 2 rings (SSSR count). The van der Waals surface area contributed by atoms with E-state index in [-0.39, 0.29) is 5.91 Å². The van der Waals surface area contributed by atoms with Gasteiger partial charge in [0, 0.05) is 12.1 Å². The number of nitrogens with zero attached hydrogens (tertiary/aromatic N) is 2. The average Bonchev–Trinajstić information content (AvgIpc) is 3.00. The van der Waals surface area contributed by atoms with Gasteiger partial charge in [0.2, 0.25) is 11.1 Å². The highest BCUT2D eigenvalue weighted by Gasteiger charge is 2.07. The number of benzene rings is 1. The molecule has 1 heterocycles. The minimum absolute atomic E-state index is 0.0471. The summed E-state index contributed by atoms with van der Waals surface area (Å²) in [5.41, 5.74) is 2.14. The fourth-order valence-corrected chi connectivity index (χ4v) is 2.58. The predicted octanol–water partition coefficient (Wildman–Crippen LogP) is 3.44. The van der Waals surface area contributed by atoms with Gasteiger partial charge in [-0.3, -0.25) is 9.89 Å². The number of amides is 1. The summed E-state index contributed by atoms with van der Waals surface area (Å²) in [7, 11) is 0. The molecule has 0 spiro atoms. The largest absolute Gasteiger partial charge is 0.325 e. The summed E-state index contributed by atoms with van der Waals surface area (Å²) < 4.78 is 0. The van der Waals surface area contributed by atoms with Crippen LogP contribution in [0, 0.1) is 0 Å². The van der Waals surface area contributed by atoms with Crippen LogP contribution in [0.1, 0.15) is 38.1 Å². The molecule has 0 bridgehead atoms. The van der Waals surface area contributed by atoms with Crippen molar-refractivity contribution in [1.29, 1.82) is 0 Å². The fraction of sp³-hybridized carbons (Fsp3) is 0.438. The molecule has 0 atom stereocenters. The van der Waals surface area contributed by atoms with Crippen LogP contribution in [0.4, 0.5) is 5.69 Å². The lowest BCUT2D eigenvalue weighted by Crippen LogP contribution is -2.14. The monoisotopic (exact) mass is 318 g/mol. The summed E-state index contributed by atoms with van der Waals surface area (Å²) in [4.78, 5) is 16.2. The molecule has 0 aliphatic heterocycles. The van der Waals surface area contributed by atoms with Crippen molar-refractivity contribution in [1.82, 2.24) is 15.2 Å². The number of carbonyl (C=O) groups excluding carboxylic acids is 1. The van der Waals surface area contributed by atoms with Crippen LogP contribution < -0.4 is 5.32 Å². The zero-order valence-electron chi connectivity index (χ0n) is 13.1. The molecule has 1 aromatic heterocycles. The standard InChI is InChI=1S/C16H22N4OS/c1-3-5-6-12-7-9-13(10-8-12)17-15(21)11-22-16-18-14(4-2)19-20-16/h7-10H,3-6,11H2,1-2H3,(H,17,21)(H,18,19,20). The van der Waals surface area contributed by atoms with Crippen molar-refractivity contribution >= 4 is 23.4 Å². The van der Waals surface area contributed by atoms with Gasteiger partial charge in [0.1, 0.15) is 5.82 Å². The van der Waals surface area contributed by atoms with Crippen molar-refractivity contribution in [2.24, 2.45) is 0 Å². The number of hydrogen-bond donors (Lipinski definition) is 2. The molecule has 22 heavy (non-hydrogen) atoms. The number of aromatic amines is 1. The first-order valence-electron chi connectivity index (χ1n) is 7.64. The highest BCUT2D eigenvalue weighted by atomic mass is 32.2. The average molecular weight is 318 g/mol. The van der Waals surface area contributed by atoms with Gasteiger partial charge in [0.25, 0.3) is 0 Å². The van der Waals surface area contributed by atoms with Crippen LogP contribution in [0.5, 0.6) is 0 Å². The molecule has 2 N–H and O–H groups in total. The molecule has 0 saturated carbocycles. The van der Waals surface area contributed by atoms with E-state index < -0.39 is 0 Å². The highest BCUT2D eigenvalue weighted by Crippen LogP contribution is 2.15. The molecular formula is C16H22N4OS. The minimum Gasteiger partial charge on any atom is -0.325 e. The molecule has 118 valence electrons. The van der Waals surface area contributed by atoms with Gasteiger partial charge < -0.3 is 5.32 Å². The number of hydrogen-bond acceptors (Lipinski definition) is 4. The molecule has 2 aromatic rings. The van der Waals surface area contributed by atoms with Crippen LogP contribution >= 0.6 is 11.8 Å². The van der Waals surface area contributed by atoms with Gasteiger partial charge in [-0.25, -0.2) is 4.98 Å². The number of carbonyl (C=O) groups is 1. The summed E-state index contributed by atoms with van der Waals surface area (Å²) >= 11 is 1.33. The number of thioether (sulfide) groups is 1. The van der Waals surface area contributed by atoms with Crippen molar-refractivity contribution in [3.8, 4) is 0 Å². The number of aryl methyl sites for hydroxylation is 2. The Morgan fingerprint density at radius 3 is 2.68 bits per heavy atom. The maximum Gasteiger partial charge on any atom is 0.234 e. The molecule has 1 aromatic carbocycles. The molecule has 1 amide bonds. The maximum atomic E-state index is 11.9. The summed E-state index contributed by atoms with van der Waals surface area (Å²) in [6.45, 7) is 4.19. The Kier molecular flexibility index (Phi) is 6.45. The minimum atomic E-state index is -0.0471. The number of nitrogens with one attached hydrogen (secondary N) is 2. The van der Waals surface area contributed by atoms with E-state index in [1.54, 1.807) is 0 Å². The van der Waals surface area contributed by atoms with Crippen LogP contribution in [0.2, 0.25) is 0 Å². The normalized spacial score (nSPS) is 10.6. The lowest BCUT2D eigenvalue weighted by Gasteiger charge is -2.05. The third-order valence-electron chi connectivity index (χ3n) is 3.24. The smallest absolute Gasteiger partial charge is 0.234 e. The fourth-order valence-electron chi connectivity index (χ4n) is 1.96. The first-order chi connectivity index (χ1) is 10.7. The van der Waals surface area contributed by atoms with Gasteiger partial charge in [-0.2, -0.15) is 0 Å². The predicted molar refractivity (Wildman–Crippen MR) is 90.2 cm³/mol. The quantitative estimate of drug-likeness (QED) is 0.731. The van der Waals surface area contributed by atoms with Crippen molar-refractivity contribution in [3.63, 3.8) is 0 Å². The van der Waals surface area contributed by atoms with Gasteiger partial charge in [0.05, 0.1) is 5.75 Å². The van der Waals surface area contributed by atoms with Crippen LogP contribution in [-0.4, -0.2) is 26.8 Å². The van der Waals surface area contributed by atoms with E-state index in [1.165, 1.54) is 30.2 Å². The Hall–Kier alpha value is -1.82. The van der Waals surface area contributed by atoms with E-state index in [4.69, 9.17) is 0 Å². The van der Waals surface area contributed by atoms with Crippen molar-refractivity contribution in [3.05, 3.63) is 35.7 Å². The Balaban J connectivity index is 1.78. The third-order valence-corrected chi connectivity index (χ3v) is 4.08. The zero-order chi connectivity index (χ0) is 15.8. The van der Waals surface area contributed by atoms with E-state index in [9.17, 15) is 4.79 Å². The van der Waals surface area contributed by atoms with Gasteiger partial charge in [0.15, 0.2) is 0 Å². The number of anilines is 1. The summed E-state index contributed by atoms with van der Waals surface area (Å²) in [5.74, 6) is 1.10. The van der Waals surface area contributed by atoms with Crippen LogP contribution in [0.3, 0.4) is 0 Å². The second-order valence-electron chi connectivity index (χ2n) is 5.06. The molecule has 5 nitrogen and oxygen atoms in total. The first-order valence-corrected chi connectivity index (χ1v) is 8.62. The van der Waals surface area contributed by atoms with Crippen molar-refractivity contribution in [2.75, 3.05) is 11.1 Å². The topological polar surface area (TPSA) is 70.7 Å². The van der Waals surface area contributed by atoms with Crippen LogP contribution in [0.15, 0.2) is 29.4 Å². The Morgan fingerprint density at radius 1 is 1.27 bits per heavy atom. The van der Waals surface area contributed by atoms with Gasteiger partial charge in [-0.05, 0) is 30.5 Å². The van der Waals surface area contributed by atoms with E-state index in [0.717, 1.165) is 24.4 Å². The molecule has 0 aliphatic carbocycles. The van der Waals surface area contributed by atoms with Gasteiger partial charge >= 0.3 is 0 Å². The zero-order valence-corrected chi connectivity index (χ0v) is 13.9. The lowest BCUT2D eigenvalue weighted by molar-refractivity contribution is -0.113.